The summed E-state index contributed by atoms with van der Waals surface area (Å²) in [4.78, 5) is 27.8. The van der Waals surface area contributed by atoms with E-state index in [9.17, 15) is 14.0 Å². The summed E-state index contributed by atoms with van der Waals surface area (Å²) in [5, 5.41) is 3.02. The SMILES string of the molecule is Cc1ccccc1C1CN(C(=O)c2ccccc2F)CC1C(=O)NCc1ccccc1. The van der Waals surface area contributed by atoms with E-state index >= 15 is 0 Å². The molecule has 5 heteroatoms. The van der Waals surface area contributed by atoms with E-state index in [-0.39, 0.29) is 29.8 Å². The first kappa shape index (κ1) is 20.8. The van der Waals surface area contributed by atoms with Crippen LogP contribution in [0.3, 0.4) is 0 Å². The van der Waals surface area contributed by atoms with Crippen LogP contribution in [0.5, 0.6) is 0 Å². The standard InChI is InChI=1S/C26H25FN2O2/c1-18-9-5-6-12-20(18)22-16-29(26(31)21-13-7-8-14-24(21)27)17-23(22)25(30)28-15-19-10-3-2-4-11-19/h2-14,22-23H,15-17H2,1H3,(H,28,30). The highest BCUT2D eigenvalue weighted by atomic mass is 19.1. The molecular formula is C26H25FN2O2. The molecule has 0 aromatic heterocycles. The molecule has 1 heterocycles. The van der Waals surface area contributed by atoms with Crippen LogP contribution < -0.4 is 5.32 Å². The molecule has 3 aromatic rings. The fraction of sp³-hybridized carbons (Fsp3) is 0.231. The van der Waals surface area contributed by atoms with Gasteiger partial charge in [0, 0.05) is 25.6 Å². The van der Waals surface area contributed by atoms with Crippen molar-refractivity contribution < 1.29 is 14.0 Å². The van der Waals surface area contributed by atoms with Crippen LogP contribution in [-0.2, 0) is 11.3 Å². The molecule has 158 valence electrons. The Kier molecular flexibility index (Phi) is 6.12. The molecule has 4 nitrogen and oxygen atoms in total. The van der Waals surface area contributed by atoms with Gasteiger partial charge in [-0.3, -0.25) is 9.59 Å². The van der Waals surface area contributed by atoms with Gasteiger partial charge in [-0.05, 0) is 35.7 Å². The quantitative estimate of drug-likeness (QED) is 0.674. The van der Waals surface area contributed by atoms with Crippen LogP contribution in [0.1, 0.15) is 33.0 Å². The van der Waals surface area contributed by atoms with Crippen LogP contribution in [-0.4, -0.2) is 29.8 Å². The second-order valence-corrected chi connectivity index (χ2v) is 7.96. The zero-order valence-corrected chi connectivity index (χ0v) is 17.4. The van der Waals surface area contributed by atoms with Gasteiger partial charge in [0.1, 0.15) is 5.82 Å². The van der Waals surface area contributed by atoms with Crippen molar-refractivity contribution in [1.82, 2.24) is 10.2 Å². The van der Waals surface area contributed by atoms with Crippen LogP contribution in [0.15, 0.2) is 78.9 Å². The molecule has 4 rings (SSSR count). The Balaban J connectivity index is 1.58. The molecule has 0 aliphatic carbocycles. The summed E-state index contributed by atoms with van der Waals surface area (Å²) in [7, 11) is 0. The fourth-order valence-corrected chi connectivity index (χ4v) is 4.27. The van der Waals surface area contributed by atoms with Gasteiger partial charge in [0.25, 0.3) is 5.91 Å². The van der Waals surface area contributed by atoms with Gasteiger partial charge in [-0.2, -0.15) is 0 Å². The van der Waals surface area contributed by atoms with E-state index in [0.29, 0.717) is 13.1 Å². The number of nitrogens with one attached hydrogen (secondary N) is 1. The number of carbonyl (C=O) groups is 2. The van der Waals surface area contributed by atoms with Gasteiger partial charge in [0.2, 0.25) is 5.91 Å². The molecule has 2 atom stereocenters. The van der Waals surface area contributed by atoms with Crippen molar-refractivity contribution >= 4 is 11.8 Å². The van der Waals surface area contributed by atoms with Crippen LogP contribution in [0.25, 0.3) is 0 Å². The Hall–Kier alpha value is -3.47. The molecule has 0 radical (unpaired) electrons. The third kappa shape index (κ3) is 4.50. The van der Waals surface area contributed by atoms with E-state index < -0.39 is 11.7 Å². The molecule has 0 bridgehead atoms. The Morgan fingerprint density at radius 3 is 2.35 bits per heavy atom. The van der Waals surface area contributed by atoms with E-state index in [1.807, 2.05) is 61.5 Å². The Morgan fingerprint density at radius 2 is 1.61 bits per heavy atom. The minimum absolute atomic E-state index is 0.0383. The third-order valence-corrected chi connectivity index (χ3v) is 5.95. The lowest BCUT2D eigenvalue weighted by Gasteiger charge is -2.20. The summed E-state index contributed by atoms with van der Waals surface area (Å²) in [6.45, 7) is 3.07. The number of hydrogen-bond acceptors (Lipinski definition) is 2. The lowest BCUT2D eigenvalue weighted by atomic mass is 9.86. The molecule has 1 N–H and O–H groups in total. The zero-order chi connectivity index (χ0) is 21.8. The summed E-state index contributed by atoms with van der Waals surface area (Å²) in [6, 6.07) is 23.6. The van der Waals surface area contributed by atoms with E-state index in [1.165, 1.54) is 12.1 Å². The van der Waals surface area contributed by atoms with Gasteiger partial charge in [0.05, 0.1) is 11.5 Å². The number of halogens is 1. The smallest absolute Gasteiger partial charge is 0.256 e. The predicted molar refractivity (Wildman–Crippen MR) is 118 cm³/mol. The van der Waals surface area contributed by atoms with E-state index in [1.54, 1.807) is 17.0 Å². The highest BCUT2D eigenvalue weighted by molar-refractivity contribution is 5.95. The number of carbonyl (C=O) groups excluding carboxylic acids is 2. The van der Waals surface area contributed by atoms with Crippen LogP contribution in [0.2, 0.25) is 0 Å². The highest BCUT2D eigenvalue weighted by Gasteiger charge is 2.41. The van der Waals surface area contributed by atoms with Gasteiger partial charge in [0.15, 0.2) is 0 Å². The largest absolute Gasteiger partial charge is 0.352 e. The zero-order valence-electron chi connectivity index (χ0n) is 17.4. The normalized spacial score (nSPS) is 18.1. The van der Waals surface area contributed by atoms with Gasteiger partial charge in [-0.25, -0.2) is 4.39 Å². The molecule has 2 unspecified atom stereocenters. The molecule has 31 heavy (non-hydrogen) atoms. The number of hydrogen-bond donors (Lipinski definition) is 1. The molecule has 1 saturated heterocycles. The average Bonchev–Trinajstić information content (AvgIpc) is 3.24. The topological polar surface area (TPSA) is 49.4 Å². The summed E-state index contributed by atoms with van der Waals surface area (Å²) in [5.74, 6) is -1.57. The number of likely N-dealkylation sites (tertiary alicyclic amines) is 1. The molecule has 1 aliphatic rings. The molecule has 0 saturated carbocycles. The maximum atomic E-state index is 14.2. The summed E-state index contributed by atoms with van der Waals surface area (Å²) >= 11 is 0. The molecule has 1 fully saturated rings. The van der Waals surface area contributed by atoms with E-state index in [0.717, 1.165) is 16.7 Å². The number of nitrogens with zero attached hydrogens (tertiary/aromatic N) is 1. The minimum atomic E-state index is -0.545. The van der Waals surface area contributed by atoms with E-state index in [2.05, 4.69) is 5.32 Å². The second kappa shape index (κ2) is 9.13. The lowest BCUT2D eigenvalue weighted by molar-refractivity contribution is -0.125. The molecule has 3 aromatic carbocycles. The predicted octanol–water partition coefficient (Wildman–Crippen LogP) is 4.31. The number of benzene rings is 3. The highest BCUT2D eigenvalue weighted by Crippen LogP contribution is 2.35. The number of amides is 2. The van der Waals surface area contributed by atoms with Crippen molar-refractivity contribution in [2.45, 2.75) is 19.4 Å². The van der Waals surface area contributed by atoms with Crippen molar-refractivity contribution in [2.75, 3.05) is 13.1 Å². The van der Waals surface area contributed by atoms with Crippen molar-refractivity contribution in [3.63, 3.8) is 0 Å². The maximum Gasteiger partial charge on any atom is 0.256 e. The Labute approximate surface area is 181 Å². The van der Waals surface area contributed by atoms with Gasteiger partial charge >= 0.3 is 0 Å². The van der Waals surface area contributed by atoms with Crippen molar-refractivity contribution in [2.24, 2.45) is 5.92 Å². The Bertz CT molecular complexity index is 1080. The van der Waals surface area contributed by atoms with Crippen LogP contribution >= 0.6 is 0 Å². The number of aryl methyl sites for hydroxylation is 1. The third-order valence-electron chi connectivity index (χ3n) is 5.95. The fourth-order valence-electron chi connectivity index (χ4n) is 4.27. The van der Waals surface area contributed by atoms with Gasteiger partial charge in [-0.15, -0.1) is 0 Å². The summed E-state index contributed by atoms with van der Waals surface area (Å²) < 4.78 is 14.2. The van der Waals surface area contributed by atoms with Gasteiger partial charge in [-0.1, -0.05) is 66.7 Å². The lowest BCUT2D eigenvalue weighted by Crippen LogP contribution is -2.35. The van der Waals surface area contributed by atoms with Crippen molar-refractivity contribution in [3.8, 4) is 0 Å². The Morgan fingerprint density at radius 1 is 0.935 bits per heavy atom. The molecular weight excluding hydrogens is 391 g/mol. The van der Waals surface area contributed by atoms with Gasteiger partial charge < -0.3 is 10.2 Å². The van der Waals surface area contributed by atoms with E-state index in [4.69, 9.17) is 0 Å². The van der Waals surface area contributed by atoms with Crippen LogP contribution in [0, 0.1) is 18.7 Å². The molecule has 1 aliphatic heterocycles. The van der Waals surface area contributed by atoms with Crippen LogP contribution in [0.4, 0.5) is 4.39 Å². The summed E-state index contributed by atoms with van der Waals surface area (Å²) in [5.41, 5.74) is 3.18. The number of rotatable bonds is 5. The first-order valence-corrected chi connectivity index (χ1v) is 10.5. The monoisotopic (exact) mass is 416 g/mol. The average molecular weight is 416 g/mol. The second-order valence-electron chi connectivity index (χ2n) is 7.96. The molecule has 0 spiro atoms. The van der Waals surface area contributed by atoms with Crippen molar-refractivity contribution in [1.29, 1.82) is 0 Å². The molecule has 2 amide bonds. The first-order chi connectivity index (χ1) is 15.0. The first-order valence-electron chi connectivity index (χ1n) is 10.5. The van der Waals surface area contributed by atoms with Crippen molar-refractivity contribution in [3.05, 3.63) is 107 Å². The summed E-state index contributed by atoms with van der Waals surface area (Å²) in [6.07, 6.45) is 0. The minimum Gasteiger partial charge on any atom is -0.352 e. The maximum absolute atomic E-state index is 14.2.